The lowest BCUT2D eigenvalue weighted by molar-refractivity contribution is -0.113. The van der Waals surface area contributed by atoms with Gasteiger partial charge in [-0.15, -0.1) is 0 Å². The van der Waals surface area contributed by atoms with Gasteiger partial charge in [-0.05, 0) is 37.3 Å². The van der Waals surface area contributed by atoms with E-state index in [0.29, 0.717) is 39.5 Å². The van der Waals surface area contributed by atoms with Crippen molar-refractivity contribution in [3.8, 4) is 0 Å². The average molecular weight is 427 g/mol. The van der Waals surface area contributed by atoms with Crippen molar-refractivity contribution in [3.05, 3.63) is 46.4 Å². The Hall–Kier alpha value is -2.61. The first-order valence-corrected chi connectivity index (χ1v) is 11.3. The number of thioether (sulfide) groups is 1. The maximum Gasteiger partial charge on any atom is 0.262 e. The maximum atomic E-state index is 13.4. The van der Waals surface area contributed by atoms with Crippen LogP contribution in [0.25, 0.3) is 10.9 Å². The highest BCUT2D eigenvalue weighted by Crippen LogP contribution is 2.38. The van der Waals surface area contributed by atoms with E-state index in [1.165, 1.54) is 18.2 Å². The number of aryl methyl sites for hydroxylation is 1. The molecule has 4 rings (SSSR count). The predicted octanol–water partition coefficient (Wildman–Crippen LogP) is 4.42. The zero-order chi connectivity index (χ0) is 21.3. The first kappa shape index (κ1) is 20.7. The van der Waals surface area contributed by atoms with Crippen molar-refractivity contribution < 1.29 is 9.32 Å². The number of nitrogens with zero attached hydrogens (tertiary/aromatic N) is 3. The molecule has 0 aliphatic heterocycles. The van der Waals surface area contributed by atoms with Crippen LogP contribution in [-0.4, -0.2) is 26.4 Å². The van der Waals surface area contributed by atoms with Crippen LogP contribution in [0, 0.1) is 18.8 Å². The lowest BCUT2D eigenvalue weighted by Crippen LogP contribution is -2.35. The van der Waals surface area contributed by atoms with E-state index in [9.17, 15) is 9.59 Å². The van der Waals surface area contributed by atoms with E-state index in [4.69, 9.17) is 9.51 Å². The molecule has 3 atom stereocenters. The number of rotatable bonds is 5. The number of amides is 1. The molecule has 7 nitrogen and oxygen atoms in total. The van der Waals surface area contributed by atoms with Gasteiger partial charge in [-0.1, -0.05) is 55.7 Å². The molecule has 8 heteroatoms. The molecule has 1 aliphatic rings. The van der Waals surface area contributed by atoms with E-state index in [0.717, 1.165) is 12.8 Å². The number of carbonyl (C=O) groups excluding carboxylic acids is 1. The summed E-state index contributed by atoms with van der Waals surface area (Å²) in [6, 6.07) is 9.15. The quantitative estimate of drug-likeness (QED) is 0.480. The summed E-state index contributed by atoms with van der Waals surface area (Å²) in [6.45, 7) is 6.25. The average Bonchev–Trinajstić information content (AvgIpc) is 3.13. The number of aromatic nitrogens is 3. The highest BCUT2D eigenvalue weighted by atomic mass is 32.2. The summed E-state index contributed by atoms with van der Waals surface area (Å²) in [7, 11) is 0. The molecule has 1 N–H and O–H groups in total. The normalized spacial score (nSPS) is 21.6. The predicted molar refractivity (Wildman–Crippen MR) is 118 cm³/mol. The molecule has 0 saturated heterocycles. The largest absolute Gasteiger partial charge is 0.338 e. The fourth-order valence-electron chi connectivity index (χ4n) is 4.16. The van der Waals surface area contributed by atoms with Gasteiger partial charge in [-0.25, -0.2) is 4.98 Å². The summed E-state index contributed by atoms with van der Waals surface area (Å²) >= 11 is 1.28. The van der Waals surface area contributed by atoms with Crippen LogP contribution in [0.3, 0.4) is 0 Å². The van der Waals surface area contributed by atoms with Crippen LogP contribution < -0.4 is 10.9 Å². The van der Waals surface area contributed by atoms with Gasteiger partial charge < -0.3 is 4.52 Å². The van der Waals surface area contributed by atoms with Gasteiger partial charge in [0.2, 0.25) is 11.8 Å². The number of nitrogens with one attached hydrogen (secondary N) is 1. The molecule has 1 aromatic carbocycles. The van der Waals surface area contributed by atoms with Crippen LogP contribution in [0.4, 0.5) is 5.88 Å². The third-order valence-corrected chi connectivity index (χ3v) is 6.95. The molecule has 2 aromatic heterocycles. The first-order valence-electron chi connectivity index (χ1n) is 10.3. The second-order valence-electron chi connectivity index (χ2n) is 8.09. The number of hydrogen-bond donors (Lipinski definition) is 1. The van der Waals surface area contributed by atoms with Crippen molar-refractivity contribution in [1.29, 1.82) is 0 Å². The highest BCUT2D eigenvalue weighted by molar-refractivity contribution is 7.99. The Bertz CT molecular complexity index is 1120. The van der Waals surface area contributed by atoms with Gasteiger partial charge >= 0.3 is 0 Å². The Morgan fingerprint density at radius 2 is 2.10 bits per heavy atom. The first-order chi connectivity index (χ1) is 14.4. The van der Waals surface area contributed by atoms with Crippen molar-refractivity contribution in [2.45, 2.75) is 51.2 Å². The molecule has 0 radical (unpaired) electrons. The molecule has 158 valence electrons. The van der Waals surface area contributed by atoms with Crippen LogP contribution in [0.5, 0.6) is 0 Å². The standard InChI is InChI=1S/C22H26N4O3S/c1-13-7-6-10-18(15(13)3)26-21(28)16-8-4-5-9-17(16)23-22(26)30-12-19(27)24-20-11-14(2)25-29-20/h4-5,8-9,11,13,15,18H,6-7,10,12H2,1-3H3,(H,24,27). The van der Waals surface area contributed by atoms with Crippen molar-refractivity contribution in [3.63, 3.8) is 0 Å². The van der Waals surface area contributed by atoms with E-state index in [1.54, 1.807) is 13.0 Å². The van der Waals surface area contributed by atoms with Gasteiger partial charge in [0, 0.05) is 12.1 Å². The van der Waals surface area contributed by atoms with Crippen molar-refractivity contribution in [2.24, 2.45) is 11.8 Å². The smallest absolute Gasteiger partial charge is 0.262 e. The van der Waals surface area contributed by atoms with E-state index >= 15 is 0 Å². The molecule has 0 spiro atoms. The third kappa shape index (κ3) is 4.14. The summed E-state index contributed by atoms with van der Waals surface area (Å²) in [4.78, 5) is 30.6. The number of benzene rings is 1. The van der Waals surface area contributed by atoms with Crippen LogP contribution >= 0.6 is 11.8 Å². The van der Waals surface area contributed by atoms with Crippen molar-refractivity contribution in [1.82, 2.24) is 14.7 Å². The monoisotopic (exact) mass is 426 g/mol. The topological polar surface area (TPSA) is 90.0 Å². The van der Waals surface area contributed by atoms with Gasteiger partial charge in [0.05, 0.1) is 22.3 Å². The molecule has 0 bridgehead atoms. The van der Waals surface area contributed by atoms with E-state index in [1.807, 2.05) is 28.8 Å². The zero-order valence-corrected chi connectivity index (χ0v) is 18.2. The summed E-state index contributed by atoms with van der Waals surface area (Å²) in [5.41, 5.74) is 1.33. The molecule has 30 heavy (non-hydrogen) atoms. The fourth-order valence-corrected chi connectivity index (χ4v) is 5.02. The van der Waals surface area contributed by atoms with Crippen LogP contribution in [0.2, 0.25) is 0 Å². The molecular formula is C22H26N4O3S. The summed E-state index contributed by atoms with van der Waals surface area (Å²) < 4.78 is 6.88. The Balaban J connectivity index is 1.65. The number of anilines is 1. The van der Waals surface area contributed by atoms with Gasteiger partial charge in [-0.2, -0.15) is 0 Å². The second-order valence-corrected chi connectivity index (χ2v) is 9.03. The van der Waals surface area contributed by atoms with Crippen LogP contribution in [-0.2, 0) is 4.79 Å². The Morgan fingerprint density at radius 3 is 2.87 bits per heavy atom. The van der Waals surface area contributed by atoms with Gasteiger partial charge in [0.25, 0.3) is 5.56 Å². The Kier molecular flexibility index (Phi) is 5.94. The van der Waals surface area contributed by atoms with Gasteiger partial charge in [0.15, 0.2) is 5.16 Å². The number of fused-ring (bicyclic) bond motifs is 1. The maximum absolute atomic E-state index is 13.4. The number of hydrogen-bond acceptors (Lipinski definition) is 6. The fraction of sp³-hybridized carbons (Fsp3) is 0.455. The SMILES string of the molecule is Cc1cc(NC(=O)CSc2nc3ccccc3c(=O)n2C2CCCC(C)C2C)on1. The van der Waals surface area contributed by atoms with Crippen molar-refractivity contribution >= 4 is 34.5 Å². The minimum atomic E-state index is -0.227. The third-order valence-electron chi connectivity index (χ3n) is 5.99. The molecular weight excluding hydrogens is 400 g/mol. The van der Waals surface area contributed by atoms with Gasteiger partial charge in [0.1, 0.15) is 0 Å². The summed E-state index contributed by atoms with van der Waals surface area (Å²) in [6.07, 6.45) is 3.21. The lowest BCUT2D eigenvalue weighted by Gasteiger charge is -2.36. The van der Waals surface area contributed by atoms with Crippen LogP contribution in [0.1, 0.15) is 44.8 Å². The van der Waals surface area contributed by atoms with E-state index < -0.39 is 0 Å². The van der Waals surface area contributed by atoms with Gasteiger partial charge in [-0.3, -0.25) is 19.5 Å². The number of carbonyl (C=O) groups is 1. The highest BCUT2D eigenvalue weighted by Gasteiger charge is 2.31. The minimum Gasteiger partial charge on any atom is -0.338 e. The molecule has 1 amide bonds. The summed E-state index contributed by atoms with van der Waals surface area (Å²) in [5, 5.41) is 7.68. The lowest BCUT2D eigenvalue weighted by atomic mass is 9.78. The van der Waals surface area contributed by atoms with E-state index in [-0.39, 0.29) is 23.3 Å². The van der Waals surface area contributed by atoms with Crippen molar-refractivity contribution in [2.75, 3.05) is 11.1 Å². The van der Waals surface area contributed by atoms with Crippen LogP contribution in [0.15, 0.2) is 44.8 Å². The molecule has 1 aliphatic carbocycles. The number of para-hydroxylation sites is 1. The summed E-state index contributed by atoms with van der Waals surface area (Å²) in [5.74, 6) is 1.12. The molecule has 3 unspecified atom stereocenters. The Morgan fingerprint density at radius 1 is 1.30 bits per heavy atom. The molecule has 2 heterocycles. The minimum absolute atomic E-state index is 0.0275. The Labute approximate surface area is 179 Å². The molecule has 3 aromatic rings. The van der Waals surface area contributed by atoms with E-state index in [2.05, 4.69) is 24.3 Å². The zero-order valence-electron chi connectivity index (χ0n) is 17.4. The molecule has 1 fully saturated rings. The molecule has 1 saturated carbocycles. The second kappa shape index (κ2) is 8.63.